The van der Waals surface area contributed by atoms with Crippen LogP contribution in [0.1, 0.15) is 12.8 Å². The van der Waals surface area contributed by atoms with Gasteiger partial charge in [0.1, 0.15) is 11.5 Å². The number of benzene rings is 1. The van der Waals surface area contributed by atoms with E-state index in [2.05, 4.69) is 5.32 Å². The molecule has 0 radical (unpaired) electrons. The van der Waals surface area contributed by atoms with Crippen LogP contribution in [0, 0.1) is 5.92 Å². The summed E-state index contributed by atoms with van der Waals surface area (Å²) < 4.78 is 5.23. The smallest absolute Gasteiger partial charge is 0.314 e. The molecule has 0 bridgehead atoms. The summed E-state index contributed by atoms with van der Waals surface area (Å²) in [5.74, 6) is 0.477. The van der Waals surface area contributed by atoms with Gasteiger partial charge >= 0.3 is 5.97 Å². The van der Waals surface area contributed by atoms with E-state index in [9.17, 15) is 4.79 Å². The van der Waals surface area contributed by atoms with E-state index in [0.29, 0.717) is 5.75 Å². The summed E-state index contributed by atoms with van der Waals surface area (Å²) in [6.07, 6.45) is 1.66. The van der Waals surface area contributed by atoms with Crippen molar-refractivity contribution in [2.75, 3.05) is 13.1 Å². The van der Waals surface area contributed by atoms with Crippen molar-refractivity contribution in [2.24, 2.45) is 5.92 Å². The van der Waals surface area contributed by atoms with Crippen molar-refractivity contribution in [2.45, 2.75) is 12.8 Å². The molecular formula is C12H15NO3. The summed E-state index contributed by atoms with van der Waals surface area (Å²) in [6, 6.07) is 6.19. The van der Waals surface area contributed by atoms with Crippen molar-refractivity contribution < 1.29 is 14.6 Å². The van der Waals surface area contributed by atoms with E-state index in [1.54, 1.807) is 12.1 Å². The Balaban J connectivity index is 1.93. The Labute approximate surface area is 94.2 Å². The topological polar surface area (TPSA) is 58.6 Å². The molecule has 1 aromatic carbocycles. The highest BCUT2D eigenvalue weighted by molar-refractivity contribution is 5.75. The molecule has 1 saturated heterocycles. The Morgan fingerprint density at radius 3 is 2.50 bits per heavy atom. The first-order chi connectivity index (χ1) is 7.75. The van der Waals surface area contributed by atoms with Crippen molar-refractivity contribution in [3.63, 3.8) is 0 Å². The summed E-state index contributed by atoms with van der Waals surface area (Å²) in [5.41, 5.74) is 0. The van der Waals surface area contributed by atoms with E-state index in [1.165, 1.54) is 12.1 Å². The number of ether oxygens (including phenoxy) is 1. The van der Waals surface area contributed by atoms with Crippen LogP contribution in [0.15, 0.2) is 24.3 Å². The zero-order valence-corrected chi connectivity index (χ0v) is 8.98. The number of carbonyl (C=O) groups excluding carboxylic acids is 1. The number of esters is 1. The number of carbonyl (C=O) groups is 1. The minimum Gasteiger partial charge on any atom is -0.508 e. The maximum atomic E-state index is 11.7. The van der Waals surface area contributed by atoms with Crippen molar-refractivity contribution in [1.82, 2.24) is 5.32 Å². The van der Waals surface area contributed by atoms with E-state index < -0.39 is 0 Å². The zero-order valence-electron chi connectivity index (χ0n) is 8.98. The number of rotatable bonds is 2. The largest absolute Gasteiger partial charge is 0.508 e. The molecule has 1 aromatic rings. The minimum atomic E-state index is -0.174. The second-order valence-electron chi connectivity index (χ2n) is 3.94. The van der Waals surface area contributed by atoms with Crippen molar-refractivity contribution >= 4 is 5.97 Å². The van der Waals surface area contributed by atoms with Gasteiger partial charge in [-0.1, -0.05) is 0 Å². The molecule has 0 amide bonds. The van der Waals surface area contributed by atoms with Crippen LogP contribution in [0.3, 0.4) is 0 Å². The number of nitrogens with one attached hydrogen (secondary N) is 1. The number of phenolic OH excluding ortho intramolecular Hbond substituents is 1. The lowest BCUT2D eigenvalue weighted by Gasteiger charge is -2.20. The maximum absolute atomic E-state index is 11.7. The van der Waals surface area contributed by atoms with Crippen LogP contribution in [0.5, 0.6) is 11.5 Å². The first-order valence-corrected chi connectivity index (χ1v) is 5.47. The zero-order chi connectivity index (χ0) is 11.4. The Hall–Kier alpha value is -1.55. The number of piperidine rings is 1. The van der Waals surface area contributed by atoms with Crippen LogP contribution in [-0.4, -0.2) is 24.2 Å². The third-order valence-corrected chi connectivity index (χ3v) is 2.73. The Morgan fingerprint density at radius 2 is 1.88 bits per heavy atom. The molecule has 0 spiro atoms. The van der Waals surface area contributed by atoms with Gasteiger partial charge in [0.05, 0.1) is 5.92 Å². The molecule has 0 atom stereocenters. The van der Waals surface area contributed by atoms with Gasteiger partial charge in [0.25, 0.3) is 0 Å². The average molecular weight is 221 g/mol. The first kappa shape index (κ1) is 11.0. The quantitative estimate of drug-likeness (QED) is 0.583. The van der Waals surface area contributed by atoms with Gasteiger partial charge in [0, 0.05) is 0 Å². The SMILES string of the molecule is O=C(Oc1ccc(O)cc1)C1CCNCC1. The normalized spacial score (nSPS) is 17.0. The number of aromatic hydroxyl groups is 1. The molecule has 86 valence electrons. The van der Waals surface area contributed by atoms with Gasteiger partial charge in [-0.2, -0.15) is 0 Å². The molecule has 0 saturated carbocycles. The molecule has 1 fully saturated rings. The summed E-state index contributed by atoms with van der Waals surface area (Å²) >= 11 is 0. The fourth-order valence-corrected chi connectivity index (χ4v) is 1.77. The number of hydrogen-bond acceptors (Lipinski definition) is 4. The van der Waals surface area contributed by atoms with Crippen LogP contribution < -0.4 is 10.1 Å². The summed E-state index contributed by atoms with van der Waals surface area (Å²) in [4.78, 5) is 11.7. The highest BCUT2D eigenvalue weighted by Gasteiger charge is 2.22. The fourth-order valence-electron chi connectivity index (χ4n) is 1.77. The lowest BCUT2D eigenvalue weighted by molar-refractivity contribution is -0.139. The Kier molecular flexibility index (Phi) is 3.41. The Morgan fingerprint density at radius 1 is 1.25 bits per heavy atom. The van der Waals surface area contributed by atoms with Gasteiger partial charge in [-0.05, 0) is 50.2 Å². The van der Waals surface area contributed by atoms with Crippen LogP contribution in [0.2, 0.25) is 0 Å². The third kappa shape index (κ3) is 2.73. The van der Waals surface area contributed by atoms with Gasteiger partial charge < -0.3 is 15.2 Å². The number of hydrogen-bond donors (Lipinski definition) is 2. The van der Waals surface area contributed by atoms with Crippen molar-refractivity contribution in [1.29, 1.82) is 0 Å². The highest BCUT2D eigenvalue weighted by Crippen LogP contribution is 2.19. The van der Waals surface area contributed by atoms with E-state index >= 15 is 0 Å². The molecule has 2 rings (SSSR count). The van der Waals surface area contributed by atoms with Crippen molar-refractivity contribution in [3.8, 4) is 11.5 Å². The average Bonchev–Trinajstić information content (AvgIpc) is 2.33. The molecule has 0 aromatic heterocycles. The summed E-state index contributed by atoms with van der Waals surface area (Å²) in [5, 5.41) is 12.3. The number of phenols is 1. The third-order valence-electron chi connectivity index (χ3n) is 2.73. The monoisotopic (exact) mass is 221 g/mol. The highest BCUT2D eigenvalue weighted by atomic mass is 16.5. The molecular weight excluding hydrogens is 206 g/mol. The minimum absolute atomic E-state index is 0.00458. The van der Waals surface area contributed by atoms with Gasteiger partial charge in [0.2, 0.25) is 0 Å². The molecule has 4 nitrogen and oxygen atoms in total. The van der Waals surface area contributed by atoms with E-state index in [4.69, 9.17) is 9.84 Å². The molecule has 1 aliphatic heterocycles. The molecule has 0 aliphatic carbocycles. The van der Waals surface area contributed by atoms with Crippen LogP contribution in [0.4, 0.5) is 0 Å². The molecule has 4 heteroatoms. The molecule has 0 unspecified atom stereocenters. The lowest BCUT2D eigenvalue weighted by Crippen LogP contribution is -2.33. The van der Waals surface area contributed by atoms with Gasteiger partial charge in [-0.3, -0.25) is 4.79 Å². The van der Waals surface area contributed by atoms with Gasteiger partial charge in [-0.15, -0.1) is 0 Å². The molecule has 1 heterocycles. The van der Waals surface area contributed by atoms with Crippen LogP contribution >= 0.6 is 0 Å². The van der Waals surface area contributed by atoms with Crippen LogP contribution in [0.25, 0.3) is 0 Å². The van der Waals surface area contributed by atoms with Crippen LogP contribution in [-0.2, 0) is 4.79 Å². The first-order valence-electron chi connectivity index (χ1n) is 5.47. The summed E-state index contributed by atoms with van der Waals surface area (Å²) in [6.45, 7) is 1.74. The predicted octanol–water partition coefficient (Wildman–Crippen LogP) is 1.30. The Bertz CT molecular complexity index is 355. The molecule has 2 N–H and O–H groups in total. The van der Waals surface area contributed by atoms with Gasteiger partial charge in [-0.25, -0.2) is 0 Å². The second kappa shape index (κ2) is 4.99. The fraction of sp³-hybridized carbons (Fsp3) is 0.417. The lowest BCUT2D eigenvalue weighted by atomic mass is 9.98. The maximum Gasteiger partial charge on any atom is 0.314 e. The predicted molar refractivity (Wildman–Crippen MR) is 59.3 cm³/mol. The van der Waals surface area contributed by atoms with E-state index in [1.807, 2.05) is 0 Å². The second-order valence-corrected chi connectivity index (χ2v) is 3.94. The molecule has 1 aliphatic rings. The van der Waals surface area contributed by atoms with Crippen molar-refractivity contribution in [3.05, 3.63) is 24.3 Å². The van der Waals surface area contributed by atoms with Gasteiger partial charge in [0.15, 0.2) is 0 Å². The van der Waals surface area contributed by atoms with E-state index in [-0.39, 0.29) is 17.6 Å². The molecule has 16 heavy (non-hydrogen) atoms. The summed E-state index contributed by atoms with van der Waals surface area (Å²) in [7, 11) is 0. The standard InChI is InChI=1S/C12H15NO3/c14-10-1-3-11(4-2-10)16-12(15)9-5-7-13-8-6-9/h1-4,9,13-14H,5-8H2. The van der Waals surface area contributed by atoms with E-state index in [0.717, 1.165) is 25.9 Å².